The number of hydrogen-bond acceptors (Lipinski definition) is 0. The minimum atomic E-state index is 0.437. The largest absolute Gasteiger partial charge is 0.132 e. The predicted molar refractivity (Wildman–Crippen MR) is 78.0 cm³/mol. The van der Waals surface area contributed by atoms with Gasteiger partial charge < -0.3 is 0 Å². The van der Waals surface area contributed by atoms with E-state index in [0.29, 0.717) is 16.0 Å². The molecule has 2 unspecified atom stereocenters. The van der Waals surface area contributed by atoms with Crippen LogP contribution in [0.2, 0.25) is 0 Å². The second kappa shape index (κ2) is 4.97. The van der Waals surface area contributed by atoms with Crippen LogP contribution >= 0.6 is 9.24 Å². The zero-order chi connectivity index (χ0) is 12.4. The van der Waals surface area contributed by atoms with E-state index >= 15 is 0 Å². The molecule has 2 atom stereocenters. The van der Waals surface area contributed by atoms with Gasteiger partial charge >= 0.3 is 0 Å². The predicted octanol–water partition coefficient (Wildman–Crippen LogP) is 5.42. The number of rotatable bonds is 5. The third-order valence-corrected chi connectivity index (χ3v) is 5.25. The lowest BCUT2D eigenvalue weighted by atomic mass is 9.66. The Kier molecular flexibility index (Phi) is 4.50. The van der Waals surface area contributed by atoms with E-state index in [4.69, 9.17) is 0 Å². The molecule has 0 aromatic rings. The van der Waals surface area contributed by atoms with Gasteiger partial charge in [0.05, 0.1) is 0 Å². The molecule has 0 nitrogen and oxygen atoms in total. The van der Waals surface area contributed by atoms with Crippen molar-refractivity contribution in [3.05, 3.63) is 0 Å². The number of unbranched alkanes of at least 4 members (excludes halogenated alkanes) is 1. The molecule has 0 heterocycles. The molecule has 0 aromatic carbocycles. The van der Waals surface area contributed by atoms with Crippen molar-refractivity contribution in [2.75, 3.05) is 0 Å². The fraction of sp³-hybridized carbons (Fsp3) is 1.00. The summed E-state index contributed by atoms with van der Waals surface area (Å²) < 4.78 is 0. The summed E-state index contributed by atoms with van der Waals surface area (Å²) in [5, 5.41) is 0.437. The Balaban J connectivity index is 2.32. The molecule has 0 spiro atoms. The van der Waals surface area contributed by atoms with E-state index in [1.165, 1.54) is 44.9 Å². The molecule has 1 fully saturated rings. The van der Waals surface area contributed by atoms with Crippen LogP contribution in [0.1, 0.15) is 79.6 Å². The lowest BCUT2D eigenvalue weighted by molar-refractivity contribution is 0.115. The summed E-state index contributed by atoms with van der Waals surface area (Å²) in [5.41, 5.74) is 1.18. The van der Waals surface area contributed by atoms with Gasteiger partial charge in [0.15, 0.2) is 0 Å². The molecule has 0 amide bonds. The van der Waals surface area contributed by atoms with Crippen molar-refractivity contribution in [3.63, 3.8) is 0 Å². The highest BCUT2D eigenvalue weighted by atomic mass is 31.0. The Morgan fingerprint density at radius 2 is 1.69 bits per heavy atom. The lowest BCUT2D eigenvalue weighted by Crippen LogP contribution is -2.29. The average Bonchev–Trinajstić information content (AvgIpc) is 2.35. The second-order valence-electron chi connectivity index (χ2n) is 7.49. The standard InChI is InChI=1S/C15H31P/c1-13(2)9-8-12-15(13,5)11-7-6-10-14(3,4)16/h6-12,16H2,1-5H3. The first-order valence-electron chi connectivity index (χ1n) is 6.95. The maximum Gasteiger partial charge on any atom is -0.0207 e. The van der Waals surface area contributed by atoms with Gasteiger partial charge in [-0.05, 0) is 41.7 Å². The Hall–Kier alpha value is 0.430. The fourth-order valence-corrected chi connectivity index (χ4v) is 3.32. The highest BCUT2D eigenvalue weighted by Crippen LogP contribution is 2.55. The molecule has 1 heteroatoms. The maximum absolute atomic E-state index is 2.97. The molecule has 1 aliphatic rings. The first kappa shape index (κ1) is 14.5. The highest BCUT2D eigenvalue weighted by Gasteiger charge is 2.44. The van der Waals surface area contributed by atoms with E-state index in [0.717, 1.165) is 0 Å². The van der Waals surface area contributed by atoms with Crippen LogP contribution in [-0.2, 0) is 0 Å². The normalized spacial score (nSPS) is 29.6. The smallest absolute Gasteiger partial charge is 0.0207 e. The molecular formula is C15H31P. The Bertz CT molecular complexity index is 224. The van der Waals surface area contributed by atoms with Gasteiger partial charge in [-0.25, -0.2) is 0 Å². The third-order valence-electron chi connectivity index (χ3n) is 4.96. The van der Waals surface area contributed by atoms with Crippen LogP contribution in [0, 0.1) is 10.8 Å². The molecular weight excluding hydrogens is 211 g/mol. The molecule has 0 aliphatic heterocycles. The summed E-state index contributed by atoms with van der Waals surface area (Å²) in [6.45, 7) is 12.1. The van der Waals surface area contributed by atoms with Gasteiger partial charge in [-0.2, -0.15) is 0 Å². The van der Waals surface area contributed by atoms with E-state index in [2.05, 4.69) is 43.9 Å². The minimum Gasteiger partial charge on any atom is -0.132 e. The SMILES string of the molecule is CC(C)(P)CCCCC1(C)CCCC1(C)C. The van der Waals surface area contributed by atoms with Crippen LogP contribution in [0.4, 0.5) is 0 Å². The maximum atomic E-state index is 2.97. The van der Waals surface area contributed by atoms with Crippen LogP contribution in [0.15, 0.2) is 0 Å². The second-order valence-corrected chi connectivity index (χ2v) is 9.06. The Morgan fingerprint density at radius 3 is 2.12 bits per heavy atom. The molecule has 96 valence electrons. The van der Waals surface area contributed by atoms with Crippen molar-refractivity contribution in [1.29, 1.82) is 0 Å². The molecule has 1 aliphatic carbocycles. The Morgan fingerprint density at radius 1 is 1.06 bits per heavy atom. The van der Waals surface area contributed by atoms with Crippen molar-refractivity contribution < 1.29 is 0 Å². The van der Waals surface area contributed by atoms with Gasteiger partial charge in [0.2, 0.25) is 0 Å². The quantitative estimate of drug-likeness (QED) is 0.446. The summed E-state index contributed by atoms with van der Waals surface area (Å²) in [6.07, 6.45) is 9.90. The summed E-state index contributed by atoms with van der Waals surface area (Å²) in [6, 6.07) is 0. The van der Waals surface area contributed by atoms with E-state index in [1.54, 1.807) is 0 Å². The van der Waals surface area contributed by atoms with Gasteiger partial charge in [-0.1, -0.05) is 53.9 Å². The average molecular weight is 242 g/mol. The van der Waals surface area contributed by atoms with Crippen molar-refractivity contribution in [1.82, 2.24) is 0 Å². The zero-order valence-corrected chi connectivity index (χ0v) is 13.2. The van der Waals surface area contributed by atoms with E-state index in [9.17, 15) is 0 Å². The first-order chi connectivity index (χ1) is 7.16. The van der Waals surface area contributed by atoms with Crippen LogP contribution in [0.25, 0.3) is 0 Å². The van der Waals surface area contributed by atoms with E-state index < -0.39 is 0 Å². The minimum absolute atomic E-state index is 0.437. The van der Waals surface area contributed by atoms with Crippen LogP contribution in [0.3, 0.4) is 0 Å². The summed E-state index contributed by atoms with van der Waals surface area (Å²) >= 11 is 0. The van der Waals surface area contributed by atoms with Crippen molar-refractivity contribution >= 4 is 9.24 Å². The van der Waals surface area contributed by atoms with Gasteiger partial charge in [0.1, 0.15) is 0 Å². The summed E-state index contributed by atoms with van der Waals surface area (Å²) in [4.78, 5) is 0. The van der Waals surface area contributed by atoms with Crippen molar-refractivity contribution in [3.8, 4) is 0 Å². The third kappa shape index (κ3) is 3.73. The number of hydrogen-bond donors (Lipinski definition) is 0. The zero-order valence-electron chi connectivity index (χ0n) is 12.0. The fourth-order valence-electron chi connectivity index (χ4n) is 3.12. The Labute approximate surface area is 105 Å². The monoisotopic (exact) mass is 242 g/mol. The van der Waals surface area contributed by atoms with E-state index in [1.807, 2.05) is 0 Å². The summed E-state index contributed by atoms with van der Waals surface area (Å²) in [7, 11) is 2.97. The first-order valence-corrected chi connectivity index (χ1v) is 7.53. The molecule has 16 heavy (non-hydrogen) atoms. The molecule has 0 aromatic heterocycles. The van der Waals surface area contributed by atoms with E-state index in [-0.39, 0.29) is 0 Å². The van der Waals surface area contributed by atoms with Crippen molar-refractivity contribution in [2.45, 2.75) is 84.7 Å². The highest BCUT2D eigenvalue weighted by molar-refractivity contribution is 7.18. The topological polar surface area (TPSA) is 0 Å². The molecule has 0 radical (unpaired) electrons. The molecule has 0 N–H and O–H groups in total. The van der Waals surface area contributed by atoms with Gasteiger partial charge in [0, 0.05) is 0 Å². The van der Waals surface area contributed by atoms with Crippen molar-refractivity contribution in [2.24, 2.45) is 10.8 Å². The lowest BCUT2D eigenvalue weighted by Gasteiger charge is -2.39. The molecule has 1 saturated carbocycles. The summed E-state index contributed by atoms with van der Waals surface area (Å²) in [5.74, 6) is 0. The van der Waals surface area contributed by atoms with Crippen LogP contribution in [-0.4, -0.2) is 5.16 Å². The molecule has 0 saturated heterocycles. The van der Waals surface area contributed by atoms with Crippen LogP contribution < -0.4 is 0 Å². The van der Waals surface area contributed by atoms with Gasteiger partial charge in [0.25, 0.3) is 0 Å². The van der Waals surface area contributed by atoms with Crippen LogP contribution in [0.5, 0.6) is 0 Å². The van der Waals surface area contributed by atoms with Gasteiger partial charge in [-0.3, -0.25) is 0 Å². The molecule has 0 bridgehead atoms. The molecule has 1 rings (SSSR count). The van der Waals surface area contributed by atoms with Gasteiger partial charge in [-0.15, -0.1) is 9.24 Å².